The molecule has 4 aromatic rings. The van der Waals surface area contributed by atoms with Crippen LogP contribution in [0.25, 0.3) is 22.2 Å². The van der Waals surface area contributed by atoms with Crippen LogP contribution in [-0.4, -0.2) is 95.9 Å². The van der Waals surface area contributed by atoms with Crippen molar-refractivity contribution in [2.45, 2.75) is 63.9 Å². The van der Waals surface area contributed by atoms with Crippen molar-refractivity contribution in [3.8, 4) is 0 Å². The third-order valence-electron chi connectivity index (χ3n) is 9.23. The molecule has 50 heavy (non-hydrogen) atoms. The zero-order chi connectivity index (χ0) is 35.7. The summed E-state index contributed by atoms with van der Waals surface area (Å²) < 4.78 is 68.3. The number of ether oxygens (including phenoxy) is 1. The van der Waals surface area contributed by atoms with E-state index in [2.05, 4.69) is 35.0 Å². The Bertz CT molecular complexity index is 2170. The number of carbonyl (C=O) groups is 1. The lowest BCUT2D eigenvalue weighted by Gasteiger charge is -2.26. The van der Waals surface area contributed by atoms with Gasteiger partial charge < -0.3 is 25.0 Å². The Labute approximate surface area is 283 Å². The van der Waals surface area contributed by atoms with Gasteiger partial charge in [-0.2, -0.15) is 18.1 Å². The molecule has 1 saturated carbocycles. The number of aromatic nitrogens is 7. The maximum atomic E-state index is 13.5. The number of aromatic amines is 1. The number of nitrogens with two attached hydrogens (primary N) is 1. The number of phosphoric acid groups is 1. The summed E-state index contributed by atoms with van der Waals surface area (Å²) in [5.74, 6) is -2.43. The van der Waals surface area contributed by atoms with Crippen molar-refractivity contribution in [2.75, 3.05) is 24.2 Å². The van der Waals surface area contributed by atoms with E-state index >= 15 is 0 Å². The average molecular weight is 739 g/mol. The number of nitrogen functional groups attached to an aromatic ring is 1. The number of nitrogens with one attached hydrogen (secondary N) is 3. The fourth-order valence-electron chi connectivity index (χ4n) is 6.54. The molecule has 2 aliphatic heterocycles. The lowest BCUT2D eigenvalue weighted by molar-refractivity contribution is -0.118. The Hall–Kier alpha value is -3.86. The van der Waals surface area contributed by atoms with Crippen molar-refractivity contribution in [3.05, 3.63) is 35.3 Å². The molecule has 0 aromatic carbocycles. The van der Waals surface area contributed by atoms with Crippen molar-refractivity contribution < 1.29 is 45.7 Å². The Morgan fingerprint density at radius 2 is 1.98 bits per heavy atom. The summed E-state index contributed by atoms with van der Waals surface area (Å²) in [5, 5.41) is 14.4. The van der Waals surface area contributed by atoms with E-state index in [1.54, 1.807) is 37.6 Å². The molecule has 1 amide bonds. The van der Waals surface area contributed by atoms with Gasteiger partial charge in [0.15, 0.2) is 17.4 Å². The summed E-state index contributed by atoms with van der Waals surface area (Å²) in [6.45, 7) is 3.98. The third kappa shape index (κ3) is 6.31. The quantitative estimate of drug-likeness (QED) is 0.149. The average Bonchev–Trinajstić information content (AvgIpc) is 3.80. The molecule has 1 aliphatic carbocycles. The molecule has 4 aromatic heterocycles. The molecule has 23 heteroatoms. The van der Waals surface area contributed by atoms with Gasteiger partial charge in [-0.05, 0) is 12.5 Å². The molecular formula is C27H35N10O11PS. The van der Waals surface area contributed by atoms with Crippen molar-refractivity contribution in [3.63, 3.8) is 0 Å². The third-order valence-corrected chi connectivity index (χ3v) is 11.2. The van der Waals surface area contributed by atoms with Crippen LogP contribution in [0.4, 0.5) is 11.8 Å². The Morgan fingerprint density at radius 1 is 1.20 bits per heavy atom. The molecule has 0 spiro atoms. The van der Waals surface area contributed by atoms with Crippen LogP contribution in [0.5, 0.6) is 0 Å². The highest BCUT2D eigenvalue weighted by Crippen LogP contribution is 2.52. The molecule has 270 valence electrons. The van der Waals surface area contributed by atoms with Crippen LogP contribution in [0.3, 0.4) is 0 Å². The molecule has 6 heterocycles. The van der Waals surface area contributed by atoms with Gasteiger partial charge in [-0.3, -0.25) is 33.5 Å². The maximum Gasteiger partial charge on any atom is 0.472 e. The monoisotopic (exact) mass is 738 g/mol. The van der Waals surface area contributed by atoms with Gasteiger partial charge in [0.25, 0.3) is 5.56 Å². The Kier molecular flexibility index (Phi) is 8.80. The first kappa shape index (κ1) is 34.6. The van der Waals surface area contributed by atoms with E-state index in [9.17, 15) is 32.6 Å². The van der Waals surface area contributed by atoms with Crippen LogP contribution in [0, 0.1) is 17.8 Å². The molecule has 3 aliphatic rings. The smallest absolute Gasteiger partial charge is 0.388 e. The summed E-state index contributed by atoms with van der Waals surface area (Å²) in [4.78, 5) is 55.0. The first-order valence-corrected chi connectivity index (χ1v) is 18.5. The highest BCUT2D eigenvalue weighted by molar-refractivity contribution is 7.84. The highest BCUT2D eigenvalue weighted by Gasteiger charge is 2.51. The number of H-pyrrole nitrogens is 1. The number of hydrogen-bond acceptors (Lipinski definition) is 15. The minimum Gasteiger partial charge on any atom is -0.388 e. The maximum absolute atomic E-state index is 13.5. The van der Waals surface area contributed by atoms with Crippen LogP contribution in [0.15, 0.2) is 29.7 Å². The fraction of sp³-hybridized carbons (Fsp3) is 0.556. The number of fused-ring (bicyclic) bond motifs is 5. The minimum absolute atomic E-state index is 0.0544. The molecule has 9 atom stereocenters. The molecule has 2 bridgehead atoms. The number of amides is 1. The number of carbonyl (C=O) groups excluding carboxylic acids is 1. The van der Waals surface area contributed by atoms with Gasteiger partial charge in [-0.25, -0.2) is 23.7 Å². The number of rotatable bonds is 4. The van der Waals surface area contributed by atoms with Gasteiger partial charge in [0, 0.05) is 30.5 Å². The van der Waals surface area contributed by atoms with Gasteiger partial charge >= 0.3 is 18.1 Å². The minimum atomic E-state index is -4.89. The standard InChI is InChI=1S/C27H35N10O11PS/c1-11(2)24(39)34-27-33-23-17(25(40)35-27)31-10-37(23)26-19-12(3)16(46-26)8-45-49(41,42)47-20-13(7-32-50(43,44)48-19)6-15(18(20)38)36-5-4-14-21(28)29-9-30-22(14)36/h4-5,9-13,15-16,18-20,26,32,38H,6-8H2,1-3H3,(H,41,42)(H2,28,29,30)(H2,33,34,35,39,40)/t12-,13-,15-,16-,18+,19-,20-,26-/m1/s1. The summed E-state index contributed by atoms with van der Waals surface area (Å²) in [6, 6.07) is 0.896. The predicted molar refractivity (Wildman–Crippen MR) is 172 cm³/mol. The molecule has 7 N–H and O–H groups in total. The molecule has 21 nitrogen and oxygen atoms in total. The summed E-state index contributed by atoms with van der Waals surface area (Å²) in [7, 11) is -9.46. The van der Waals surface area contributed by atoms with Gasteiger partial charge in [0.05, 0.1) is 30.5 Å². The normalized spacial score (nSPS) is 33.2. The van der Waals surface area contributed by atoms with Crippen molar-refractivity contribution in [1.82, 2.24) is 38.8 Å². The van der Waals surface area contributed by atoms with Gasteiger partial charge in [-0.1, -0.05) is 20.8 Å². The first-order chi connectivity index (χ1) is 23.6. The van der Waals surface area contributed by atoms with Gasteiger partial charge in [0.1, 0.15) is 36.1 Å². The Morgan fingerprint density at radius 3 is 2.74 bits per heavy atom. The van der Waals surface area contributed by atoms with Gasteiger partial charge in [0.2, 0.25) is 11.9 Å². The lowest BCUT2D eigenvalue weighted by Crippen LogP contribution is -2.40. The number of aliphatic hydroxyl groups is 1. The number of anilines is 2. The summed E-state index contributed by atoms with van der Waals surface area (Å²) >= 11 is 0. The van der Waals surface area contributed by atoms with E-state index in [0.717, 1.165) is 0 Å². The molecule has 7 rings (SSSR count). The molecule has 0 radical (unpaired) electrons. The van der Waals surface area contributed by atoms with E-state index in [4.69, 9.17) is 23.7 Å². The van der Waals surface area contributed by atoms with Crippen LogP contribution in [0.1, 0.15) is 39.5 Å². The predicted octanol–water partition coefficient (Wildman–Crippen LogP) is -0.0680. The van der Waals surface area contributed by atoms with Crippen LogP contribution >= 0.6 is 7.82 Å². The second-order valence-corrected chi connectivity index (χ2v) is 15.6. The zero-order valence-electron chi connectivity index (χ0n) is 26.8. The second-order valence-electron chi connectivity index (χ2n) is 12.8. The lowest BCUT2D eigenvalue weighted by atomic mass is 10.0. The van der Waals surface area contributed by atoms with Crippen LogP contribution in [0.2, 0.25) is 0 Å². The topological polar surface area (TPSA) is 290 Å². The van der Waals surface area contributed by atoms with E-state index in [1.807, 2.05) is 0 Å². The number of nitrogens with zero attached hydrogens (tertiary/aromatic N) is 6. The number of imidazole rings is 1. The summed E-state index contributed by atoms with van der Waals surface area (Å²) in [5.41, 5.74) is 5.51. The number of phosphoric ester groups is 1. The highest BCUT2D eigenvalue weighted by atomic mass is 32.2. The van der Waals surface area contributed by atoms with E-state index in [1.165, 1.54) is 17.2 Å². The Balaban J connectivity index is 1.20. The molecule has 1 unspecified atom stereocenters. The van der Waals surface area contributed by atoms with Crippen LogP contribution < -0.4 is 21.3 Å². The van der Waals surface area contributed by atoms with E-state index in [-0.39, 0.29) is 35.9 Å². The second kappa shape index (κ2) is 12.7. The molecule has 3 fully saturated rings. The van der Waals surface area contributed by atoms with Crippen molar-refractivity contribution >= 4 is 58.0 Å². The number of hydrogen-bond donors (Lipinski definition) is 6. The molecular weight excluding hydrogens is 703 g/mol. The zero-order valence-corrected chi connectivity index (χ0v) is 28.5. The first-order valence-electron chi connectivity index (χ1n) is 15.6. The van der Waals surface area contributed by atoms with Gasteiger partial charge in [-0.15, -0.1) is 0 Å². The SMILES string of the molecule is CC(C)C(=O)Nc1nc2c(ncn2[C@@H]2O[C@@H]3COP(=O)(O)O[C@@H]4[C@@H](CNS(=O)(=O)O[C@@H]2[C@@H]3C)C[C@@H](n2ccc3c(N)ncnc32)[C@@H]4O)c(=O)[nH]1. The van der Waals surface area contributed by atoms with Crippen LogP contribution in [-0.2, 0) is 37.6 Å². The fourth-order valence-corrected chi connectivity index (χ4v) is 8.59. The largest absolute Gasteiger partial charge is 0.472 e. The van der Waals surface area contributed by atoms with Crippen molar-refractivity contribution in [1.29, 1.82) is 0 Å². The molecule has 2 saturated heterocycles. The summed E-state index contributed by atoms with van der Waals surface area (Å²) in [6.07, 6.45) is -2.19. The number of aliphatic hydroxyl groups excluding tert-OH is 1. The van der Waals surface area contributed by atoms with E-state index < -0.39 is 90.6 Å². The van der Waals surface area contributed by atoms with Crippen molar-refractivity contribution in [2.24, 2.45) is 17.8 Å². The van der Waals surface area contributed by atoms with E-state index in [0.29, 0.717) is 11.0 Å².